The molecule has 0 fully saturated rings. The molecule has 3 aromatic heterocycles. The molecule has 0 aliphatic rings. The van der Waals surface area contributed by atoms with E-state index in [1.165, 1.54) is 0 Å². The normalized spacial score (nSPS) is 11.2. The molecule has 0 aliphatic carbocycles. The molecule has 0 atom stereocenters. The Hall–Kier alpha value is -3.28. The third-order valence-electron chi connectivity index (χ3n) is 4.32. The number of fused-ring (bicyclic) bond motifs is 1. The van der Waals surface area contributed by atoms with Crippen molar-refractivity contribution in [2.45, 2.75) is 27.2 Å². The number of aryl methyl sites for hydroxylation is 1. The summed E-state index contributed by atoms with van der Waals surface area (Å²) in [7, 11) is 0. The van der Waals surface area contributed by atoms with Gasteiger partial charge in [-0.15, -0.1) is 0 Å². The molecular formula is C21H22N4O2. The van der Waals surface area contributed by atoms with Crippen LogP contribution in [0.5, 0.6) is 0 Å². The van der Waals surface area contributed by atoms with Crippen LogP contribution in [0.25, 0.3) is 28.1 Å². The van der Waals surface area contributed by atoms with Crippen molar-refractivity contribution in [3.63, 3.8) is 0 Å². The number of carbonyl (C=O) groups is 1. The van der Waals surface area contributed by atoms with Crippen molar-refractivity contribution >= 4 is 28.6 Å². The van der Waals surface area contributed by atoms with Crippen molar-refractivity contribution < 1.29 is 9.53 Å². The van der Waals surface area contributed by atoms with E-state index in [9.17, 15) is 4.79 Å². The monoisotopic (exact) mass is 362 g/mol. The van der Waals surface area contributed by atoms with Gasteiger partial charge < -0.3 is 10.5 Å². The summed E-state index contributed by atoms with van der Waals surface area (Å²) in [5.74, 6) is 0.436. The highest BCUT2D eigenvalue weighted by Gasteiger charge is 2.12. The Morgan fingerprint density at radius 2 is 1.96 bits per heavy atom. The summed E-state index contributed by atoms with van der Waals surface area (Å²) in [5, 5.41) is 0.867. The van der Waals surface area contributed by atoms with Crippen LogP contribution in [0, 0.1) is 6.92 Å². The predicted octanol–water partition coefficient (Wildman–Crippen LogP) is 4.18. The van der Waals surface area contributed by atoms with Gasteiger partial charge in [0.1, 0.15) is 11.5 Å². The first-order valence-corrected chi connectivity index (χ1v) is 8.87. The molecule has 2 N–H and O–H groups in total. The van der Waals surface area contributed by atoms with Gasteiger partial charge in [0.15, 0.2) is 5.78 Å². The van der Waals surface area contributed by atoms with Crippen LogP contribution in [-0.4, -0.2) is 27.3 Å². The number of hydrogen-bond acceptors (Lipinski definition) is 6. The van der Waals surface area contributed by atoms with E-state index in [-0.39, 0.29) is 5.78 Å². The first kappa shape index (κ1) is 18.5. The van der Waals surface area contributed by atoms with E-state index in [0.717, 1.165) is 33.2 Å². The minimum absolute atomic E-state index is 0.0340. The quantitative estimate of drug-likeness (QED) is 0.522. The van der Waals surface area contributed by atoms with Crippen LogP contribution in [0.3, 0.4) is 0 Å². The molecule has 138 valence electrons. The van der Waals surface area contributed by atoms with Crippen molar-refractivity contribution in [2.24, 2.45) is 0 Å². The van der Waals surface area contributed by atoms with Crippen LogP contribution in [0.2, 0.25) is 0 Å². The van der Waals surface area contributed by atoms with E-state index >= 15 is 0 Å². The lowest BCUT2D eigenvalue weighted by atomic mass is 10.0. The average Bonchev–Trinajstić information content (AvgIpc) is 2.68. The molecule has 0 aromatic carbocycles. The number of ketones is 1. The molecule has 3 heterocycles. The van der Waals surface area contributed by atoms with Gasteiger partial charge >= 0.3 is 0 Å². The van der Waals surface area contributed by atoms with E-state index in [1.54, 1.807) is 30.9 Å². The fraction of sp³-hybridized carbons (Fsp3) is 0.238. The molecule has 6 nitrogen and oxygen atoms in total. The van der Waals surface area contributed by atoms with Gasteiger partial charge in [-0.2, -0.15) is 0 Å². The first-order valence-electron chi connectivity index (χ1n) is 8.87. The highest BCUT2D eigenvalue weighted by atomic mass is 16.5. The number of nitrogen functional groups attached to an aromatic ring is 1. The van der Waals surface area contributed by atoms with Crippen LogP contribution < -0.4 is 5.73 Å². The highest BCUT2D eigenvalue weighted by Crippen LogP contribution is 2.28. The van der Waals surface area contributed by atoms with Crippen LogP contribution in [0.4, 0.5) is 5.82 Å². The van der Waals surface area contributed by atoms with E-state index < -0.39 is 0 Å². The SMILES string of the molecule is CCO/C=C/c1c(N)ncc2cc(-c3cnc(C(=O)CC)cc3C)cnc12. The van der Waals surface area contributed by atoms with Crippen LogP contribution in [0.1, 0.15) is 41.9 Å². The van der Waals surface area contributed by atoms with Crippen molar-refractivity contribution in [1.29, 1.82) is 0 Å². The van der Waals surface area contributed by atoms with Gasteiger partial charge in [-0.25, -0.2) is 4.98 Å². The zero-order valence-electron chi connectivity index (χ0n) is 15.7. The average molecular weight is 362 g/mol. The smallest absolute Gasteiger partial charge is 0.180 e. The lowest BCUT2D eigenvalue weighted by Gasteiger charge is -2.10. The minimum Gasteiger partial charge on any atom is -0.501 e. The number of aromatic nitrogens is 3. The molecule has 6 heteroatoms. The zero-order chi connectivity index (χ0) is 19.4. The van der Waals surface area contributed by atoms with Crippen LogP contribution in [-0.2, 0) is 4.74 Å². The number of nitrogens with zero attached hydrogens (tertiary/aromatic N) is 3. The number of carbonyl (C=O) groups excluding carboxylic acids is 1. The van der Waals surface area contributed by atoms with Crippen LogP contribution in [0.15, 0.2) is 37.0 Å². The van der Waals surface area contributed by atoms with E-state index in [2.05, 4.69) is 15.0 Å². The molecule has 0 saturated heterocycles. The summed E-state index contributed by atoms with van der Waals surface area (Å²) in [6.45, 7) is 6.28. The van der Waals surface area contributed by atoms with Crippen molar-refractivity contribution in [3.8, 4) is 11.1 Å². The Morgan fingerprint density at radius 3 is 2.67 bits per heavy atom. The van der Waals surface area contributed by atoms with Gasteiger partial charge in [0.25, 0.3) is 0 Å². The summed E-state index contributed by atoms with van der Waals surface area (Å²) in [6.07, 6.45) is 9.02. The molecule has 0 unspecified atom stereocenters. The molecule has 0 spiro atoms. The molecule has 3 rings (SSSR count). The van der Waals surface area contributed by atoms with Crippen LogP contribution >= 0.6 is 0 Å². The Morgan fingerprint density at radius 1 is 1.15 bits per heavy atom. The fourth-order valence-electron chi connectivity index (χ4n) is 2.85. The van der Waals surface area contributed by atoms with Crippen molar-refractivity contribution in [1.82, 2.24) is 15.0 Å². The number of Topliss-reactive ketones (excluding diaryl/α,β-unsaturated/α-hetero) is 1. The molecular weight excluding hydrogens is 340 g/mol. The molecule has 0 radical (unpaired) electrons. The standard InChI is InChI=1S/C21H22N4O2/c1-4-19(26)18-8-13(3)17(12-23-18)14-9-15-11-25-21(22)16(6-7-27-5-2)20(15)24-10-14/h6-12H,4-5H2,1-3H3,(H2,22,25)/b7-6+. The minimum atomic E-state index is 0.0340. The van der Waals surface area contributed by atoms with Gasteiger partial charge in [0, 0.05) is 47.1 Å². The van der Waals surface area contributed by atoms with E-state index in [4.69, 9.17) is 10.5 Å². The number of nitrogens with two attached hydrogens (primary N) is 1. The second kappa shape index (κ2) is 7.95. The maximum Gasteiger partial charge on any atom is 0.180 e. The summed E-state index contributed by atoms with van der Waals surface area (Å²) < 4.78 is 5.26. The second-order valence-electron chi connectivity index (χ2n) is 6.14. The predicted molar refractivity (Wildman–Crippen MR) is 107 cm³/mol. The third-order valence-corrected chi connectivity index (χ3v) is 4.32. The Labute approximate surface area is 158 Å². The fourth-order valence-corrected chi connectivity index (χ4v) is 2.85. The zero-order valence-corrected chi connectivity index (χ0v) is 15.7. The summed E-state index contributed by atoms with van der Waals surface area (Å²) in [5.41, 5.74) is 10.8. The molecule has 0 aliphatic heterocycles. The lowest BCUT2D eigenvalue weighted by Crippen LogP contribution is -2.01. The van der Waals surface area contributed by atoms with E-state index in [1.807, 2.05) is 32.9 Å². The molecule has 0 bridgehead atoms. The number of pyridine rings is 3. The van der Waals surface area contributed by atoms with Gasteiger partial charge in [-0.3, -0.25) is 14.8 Å². The number of rotatable bonds is 6. The van der Waals surface area contributed by atoms with E-state index in [0.29, 0.717) is 24.5 Å². The number of ether oxygens (including phenoxy) is 1. The van der Waals surface area contributed by atoms with Gasteiger partial charge in [0.2, 0.25) is 0 Å². The maximum absolute atomic E-state index is 11.9. The largest absolute Gasteiger partial charge is 0.501 e. The van der Waals surface area contributed by atoms with Crippen molar-refractivity contribution in [3.05, 3.63) is 53.8 Å². The molecule has 0 amide bonds. The lowest BCUT2D eigenvalue weighted by molar-refractivity contribution is 0.0983. The Bertz CT molecular complexity index is 1030. The maximum atomic E-state index is 11.9. The topological polar surface area (TPSA) is 91.0 Å². The second-order valence-corrected chi connectivity index (χ2v) is 6.14. The molecule has 0 saturated carbocycles. The van der Waals surface area contributed by atoms with Crippen molar-refractivity contribution in [2.75, 3.05) is 12.3 Å². The summed E-state index contributed by atoms with van der Waals surface area (Å²) in [6, 6.07) is 3.82. The summed E-state index contributed by atoms with van der Waals surface area (Å²) >= 11 is 0. The first-order chi connectivity index (χ1) is 13.0. The highest BCUT2D eigenvalue weighted by molar-refractivity contribution is 5.95. The van der Waals surface area contributed by atoms with Gasteiger partial charge in [-0.1, -0.05) is 6.92 Å². The Kier molecular flexibility index (Phi) is 5.45. The number of anilines is 1. The van der Waals surface area contributed by atoms with Gasteiger partial charge in [0.05, 0.1) is 18.4 Å². The molecule has 27 heavy (non-hydrogen) atoms. The van der Waals surface area contributed by atoms with Gasteiger partial charge in [-0.05, 0) is 37.6 Å². The third kappa shape index (κ3) is 3.79. The number of hydrogen-bond donors (Lipinski definition) is 1. The summed E-state index contributed by atoms with van der Waals surface area (Å²) in [4.78, 5) is 25.0. The Balaban J connectivity index is 2.05. The molecule has 3 aromatic rings.